The van der Waals surface area contributed by atoms with Crippen molar-refractivity contribution in [3.63, 3.8) is 0 Å². The molecule has 4 rings (SSSR count). The maximum atomic E-state index is 6.20. The molecule has 1 aromatic heterocycles. The van der Waals surface area contributed by atoms with Gasteiger partial charge in [0.25, 0.3) is 0 Å². The summed E-state index contributed by atoms with van der Waals surface area (Å²) in [5, 5.41) is 1.21. The molecule has 0 spiro atoms. The summed E-state index contributed by atoms with van der Waals surface area (Å²) in [4.78, 5) is 5.91. The van der Waals surface area contributed by atoms with E-state index in [0.717, 1.165) is 37.3 Å². The maximum absolute atomic E-state index is 6.20. The Hall–Kier alpha value is -3.04. The SMILES string of the molecule is CCN(CCc1c[nH]c2cccc(OCc3ccccc3)c12)Cc1ccccc1. The molecule has 148 valence electrons. The van der Waals surface area contributed by atoms with E-state index in [2.05, 4.69) is 83.7 Å². The first kappa shape index (κ1) is 19.3. The molecule has 0 unspecified atom stereocenters. The number of nitrogens with zero attached hydrogens (tertiary/aromatic N) is 1. The van der Waals surface area contributed by atoms with E-state index in [9.17, 15) is 0 Å². The van der Waals surface area contributed by atoms with Gasteiger partial charge in [-0.05, 0) is 41.8 Å². The third-order valence-electron chi connectivity index (χ3n) is 5.38. The summed E-state index contributed by atoms with van der Waals surface area (Å²) in [6, 6.07) is 27.3. The number of fused-ring (bicyclic) bond motifs is 1. The summed E-state index contributed by atoms with van der Waals surface area (Å²) < 4.78 is 6.20. The minimum absolute atomic E-state index is 0.583. The van der Waals surface area contributed by atoms with Gasteiger partial charge in [-0.25, -0.2) is 0 Å². The van der Waals surface area contributed by atoms with Crippen molar-refractivity contribution in [2.24, 2.45) is 0 Å². The maximum Gasteiger partial charge on any atom is 0.129 e. The van der Waals surface area contributed by atoms with Gasteiger partial charge in [-0.1, -0.05) is 73.7 Å². The van der Waals surface area contributed by atoms with Crippen LogP contribution in [-0.4, -0.2) is 23.0 Å². The molecule has 0 bridgehead atoms. The van der Waals surface area contributed by atoms with Gasteiger partial charge in [-0.15, -0.1) is 0 Å². The summed E-state index contributed by atoms with van der Waals surface area (Å²) in [6.07, 6.45) is 3.13. The van der Waals surface area contributed by atoms with Crippen LogP contribution in [0.25, 0.3) is 10.9 Å². The van der Waals surface area contributed by atoms with Crippen molar-refractivity contribution in [2.75, 3.05) is 13.1 Å². The largest absolute Gasteiger partial charge is 0.488 e. The van der Waals surface area contributed by atoms with Gasteiger partial charge in [0.05, 0.1) is 0 Å². The third-order valence-corrected chi connectivity index (χ3v) is 5.38. The van der Waals surface area contributed by atoms with E-state index < -0.39 is 0 Å². The van der Waals surface area contributed by atoms with Crippen LogP contribution < -0.4 is 4.74 Å². The quantitative estimate of drug-likeness (QED) is 0.394. The lowest BCUT2D eigenvalue weighted by Gasteiger charge is -2.20. The Kier molecular flexibility index (Phi) is 6.28. The molecule has 0 amide bonds. The molecule has 0 atom stereocenters. The average Bonchev–Trinajstić information content (AvgIpc) is 3.20. The van der Waals surface area contributed by atoms with Gasteiger partial charge < -0.3 is 9.72 Å². The zero-order valence-electron chi connectivity index (χ0n) is 17.0. The fourth-order valence-corrected chi connectivity index (χ4v) is 3.74. The smallest absolute Gasteiger partial charge is 0.129 e. The number of hydrogen-bond acceptors (Lipinski definition) is 2. The molecule has 0 aliphatic rings. The number of aromatic nitrogens is 1. The van der Waals surface area contributed by atoms with Crippen LogP contribution in [0.15, 0.2) is 85.1 Å². The van der Waals surface area contributed by atoms with Crippen molar-refractivity contribution in [1.29, 1.82) is 0 Å². The molecule has 0 saturated heterocycles. The highest BCUT2D eigenvalue weighted by Crippen LogP contribution is 2.30. The van der Waals surface area contributed by atoms with Crippen LogP contribution in [0.4, 0.5) is 0 Å². The summed E-state index contributed by atoms with van der Waals surface area (Å²) in [6.45, 7) is 5.85. The second kappa shape index (κ2) is 9.44. The summed E-state index contributed by atoms with van der Waals surface area (Å²) in [5.41, 5.74) is 4.99. The van der Waals surface area contributed by atoms with Gasteiger partial charge in [0.15, 0.2) is 0 Å². The highest BCUT2D eigenvalue weighted by atomic mass is 16.5. The van der Waals surface area contributed by atoms with E-state index in [0.29, 0.717) is 6.61 Å². The Labute approximate surface area is 172 Å². The Morgan fingerprint density at radius 2 is 1.55 bits per heavy atom. The first-order valence-corrected chi connectivity index (χ1v) is 10.4. The van der Waals surface area contributed by atoms with E-state index in [-0.39, 0.29) is 0 Å². The third kappa shape index (κ3) is 4.87. The van der Waals surface area contributed by atoms with E-state index in [1.54, 1.807) is 0 Å². The molecule has 1 N–H and O–H groups in total. The van der Waals surface area contributed by atoms with Gasteiger partial charge in [0.2, 0.25) is 0 Å². The van der Waals surface area contributed by atoms with Gasteiger partial charge in [0, 0.05) is 30.2 Å². The minimum atomic E-state index is 0.583. The number of benzene rings is 3. The van der Waals surface area contributed by atoms with Crippen molar-refractivity contribution < 1.29 is 4.74 Å². The first-order chi connectivity index (χ1) is 14.3. The first-order valence-electron chi connectivity index (χ1n) is 10.4. The molecule has 0 saturated carbocycles. The number of rotatable bonds is 9. The zero-order valence-corrected chi connectivity index (χ0v) is 17.0. The van der Waals surface area contributed by atoms with Crippen LogP contribution in [0.2, 0.25) is 0 Å². The Balaban J connectivity index is 1.47. The molecule has 0 fully saturated rings. The fourth-order valence-electron chi connectivity index (χ4n) is 3.74. The molecule has 3 aromatic carbocycles. The molecular formula is C26H28N2O. The average molecular weight is 385 g/mol. The lowest BCUT2D eigenvalue weighted by Crippen LogP contribution is -2.25. The van der Waals surface area contributed by atoms with Crippen molar-refractivity contribution in [3.05, 3.63) is 102 Å². The highest BCUT2D eigenvalue weighted by Gasteiger charge is 2.12. The molecule has 29 heavy (non-hydrogen) atoms. The molecule has 4 aromatic rings. The lowest BCUT2D eigenvalue weighted by molar-refractivity contribution is 0.283. The number of nitrogens with one attached hydrogen (secondary N) is 1. The number of hydrogen-bond donors (Lipinski definition) is 1. The molecular weight excluding hydrogens is 356 g/mol. The molecule has 3 heteroatoms. The Morgan fingerprint density at radius 1 is 0.828 bits per heavy atom. The van der Waals surface area contributed by atoms with Gasteiger partial charge in [-0.3, -0.25) is 4.90 Å². The van der Waals surface area contributed by atoms with Crippen LogP contribution in [0.1, 0.15) is 23.6 Å². The summed E-state index contributed by atoms with van der Waals surface area (Å²) >= 11 is 0. The van der Waals surface area contributed by atoms with Crippen molar-refractivity contribution in [1.82, 2.24) is 9.88 Å². The highest BCUT2D eigenvalue weighted by molar-refractivity contribution is 5.89. The van der Waals surface area contributed by atoms with Crippen LogP contribution in [-0.2, 0) is 19.6 Å². The van der Waals surface area contributed by atoms with E-state index in [4.69, 9.17) is 4.74 Å². The van der Waals surface area contributed by atoms with E-state index >= 15 is 0 Å². The van der Waals surface area contributed by atoms with Crippen LogP contribution in [0.3, 0.4) is 0 Å². The summed E-state index contributed by atoms with van der Waals surface area (Å²) in [7, 11) is 0. The van der Waals surface area contributed by atoms with Crippen LogP contribution >= 0.6 is 0 Å². The molecule has 0 radical (unpaired) electrons. The molecule has 3 nitrogen and oxygen atoms in total. The topological polar surface area (TPSA) is 28.3 Å². The van der Waals surface area contributed by atoms with Crippen LogP contribution in [0, 0.1) is 0 Å². The number of aromatic amines is 1. The van der Waals surface area contributed by atoms with E-state index in [1.807, 2.05) is 18.2 Å². The lowest BCUT2D eigenvalue weighted by atomic mass is 10.1. The molecule has 1 heterocycles. The summed E-state index contributed by atoms with van der Waals surface area (Å²) in [5.74, 6) is 0.953. The van der Waals surface area contributed by atoms with E-state index in [1.165, 1.54) is 22.1 Å². The second-order valence-corrected chi connectivity index (χ2v) is 7.37. The van der Waals surface area contributed by atoms with Crippen molar-refractivity contribution in [3.8, 4) is 5.75 Å². The van der Waals surface area contributed by atoms with Crippen molar-refractivity contribution in [2.45, 2.75) is 26.5 Å². The second-order valence-electron chi connectivity index (χ2n) is 7.37. The molecule has 0 aliphatic heterocycles. The van der Waals surface area contributed by atoms with Gasteiger partial charge in [0.1, 0.15) is 12.4 Å². The van der Waals surface area contributed by atoms with Crippen molar-refractivity contribution >= 4 is 10.9 Å². The minimum Gasteiger partial charge on any atom is -0.488 e. The predicted octanol–water partition coefficient (Wildman–Crippen LogP) is 5.81. The van der Waals surface area contributed by atoms with Gasteiger partial charge in [-0.2, -0.15) is 0 Å². The molecule has 0 aliphatic carbocycles. The standard InChI is InChI=1S/C26H28N2O/c1-2-28(19-21-10-5-3-6-11-21)17-16-23-18-27-24-14-9-15-25(26(23)24)29-20-22-12-7-4-8-13-22/h3-15,18,27H,2,16-17,19-20H2,1H3. The van der Waals surface area contributed by atoms with Gasteiger partial charge >= 0.3 is 0 Å². The monoisotopic (exact) mass is 384 g/mol. The predicted molar refractivity (Wildman–Crippen MR) is 120 cm³/mol. The zero-order chi connectivity index (χ0) is 19.9. The number of ether oxygens (including phenoxy) is 1. The van der Waals surface area contributed by atoms with Crippen LogP contribution in [0.5, 0.6) is 5.75 Å². The Morgan fingerprint density at radius 3 is 2.28 bits per heavy atom. The fraction of sp³-hybridized carbons (Fsp3) is 0.231. The number of H-pyrrole nitrogens is 1. The normalized spacial score (nSPS) is 11.2. The Bertz CT molecular complexity index is 1020. The number of likely N-dealkylation sites (N-methyl/N-ethyl adjacent to an activating group) is 1.